The van der Waals surface area contributed by atoms with Crippen LogP contribution in [0.1, 0.15) is 18.5 Å². The van der Waals surface area contributed by atoms with Crippen molar-refractivity contribution in [1.29, 1.82) is 0 Å². The summed E-state index contributed by atoms with van der Waals surface area (Å²) in [5.74, 6) is 0.151. The molecular formula is C21H24N4O3S. The van der Waals surface area contributed by atoms with Gasteiger partial charge in [-0.2, -0.15) is 0 Å². The standard InChI is InChI=1S/C21H24N4O3S/c26-12-9-23-29(28)17-5-3-15(4-6-17)18-7-8-22-21-19(18)13-16(24-21)14-20(27)25-10-1-2-11-25/h3-8,13,23,26H,1-2,9-12,14H2,(H,22,24). The predicted molar refractivity (Wildman–Crippen MR) is 113 cm³/mol. The number of rotatable bonds is 7. The fraction of sp³-hybridized carbons (Fsp3) is 0.333. The van der Waals surface area contributed by atoms with Crippen molar-refractivity contribution in [2.24, 2.45) is 0 Å². The second-order valence-electron chi connectivity index (χ2n) is 7.09. The Hall–Kier alpha value is -2.55. The molecule has 1 aliphatic heterocycles. The SMILES string of the molecule is O=C(Cc1cc2c(-c3ccc(S(=O)NCCO)cc3)ccnc2[nH]1)N1CCCC1. The summed E-state index contributed by atoms with van der Waals surface area (Å²) in [6.45, 7) is 1.92. The molecule has 1 unspecified atom stereocenters. The summed E-state index contributed by atoms with van der Waals surface area (Å²) in [5, 5.41) is 9.81. The minimum absolute atomic E-state index is 0.0606. The van der Waals surface area contributed by atoms with Gasteiger partial charge in [0, 0.05) is 36.9 Å². The van der Waals surface area contributed by atoms with Gasteiger partial charge in [-0.15, -0.1) is 0 Å². The Morgan fingerprint density at radius 2 is 1.97 bits per heavy atom. The highest BCUT2D eigenvalue weighted by Crippen LogP contribution is 2.29. The molecule has 29 heavy (non-hydrogen) atoms. The quantitative estimate of drug-likeness (QED) is 0.553. The van der Waals surface area contributed by atoms with Gasteiger partial charge in [0.05, 0.1) is 17.9 Å². The molecule has 1 aliphatic rings. The molecule has 1 atom stereocenters. The van der Waals surface area contributed by atoms with Crippen LogP contribution in [0.25, 0.3) is 22.2 Å². The number of pyridine rings is 1. The number of aliphatic hydroxyl groups is 1. The third-order valence-corrected chi connectivity index (χ3v) is 6.28. The van der Waals surface area contributed by atoms with Gasteiger partial charge in [0.2, 0.25) is 5.91 Å². The van der Waals surface area contributed by atoms with E-state index < -0.39 is 11.0 Å². The highest BCUT2D eigenvalue weighted by atomic mass is 32.2. The predicted octanol–water partition coefficient (Wildman–Crippen LogP) is 2.00. The first kappa shape index (κ1) is 19.8. The van der Waals surface area contributed by atoms with Gasteiger partial charge in [-0.05, 0) is 48.2 Å². The Morgan fingerprint density at radius 3 is 2.69 bits per heavy atom. The molecule has 1 amide bonds. The van der Waals surface area contributed by atoms with Crippen LogP contribution in [0, 0.1) is 0 Å². The van der Waals surface area contributed by atoms with Crippen molar-refractivity contribution in [3.63, 3.8) is 0 Å². The second kappa shape index (κ2) is 8.86. The first-order valence-electron chi connectivity index (χ1n) is 9.76. The number of aromatic amines is 1. The average Bonchev–Trinajstić information content (AvgIpc) is 3.41. The zero-order valence-electron chi connectivity index (χ0n) is 16.1. The number of aromatic nitrogens is 2. The van der Waals surface area contributed by atoms with Crippen molar-refractivity contribution >= 4 is 27.9 Å². The molecule has 1 saturated heterocycles. The lowest BCUT2D eigenvalue weighted by molar-refractivity contribution is -0.129. The van der Waals surface area contributed by atoms with Crippen LogP contribution in [0.4, 0.5) is 0 Å². The fourth-order valence-electron chi connectivity index (χ4n) is 3.65. The van der Waals surface area contributed by atoms with Gasteiger partial charge < -0.3 is 15.0 Å². The maximum absolute atomic E-state index is 12.5. The van der Waals surface area contributed by atoms with E-state index in [1.807, 2.05) is 41.3 Å². The van der Waals surface area contributed by atoms with Crippen LogP contribution in [0.15, 0.2) is 47.5 Å². The molecule has 3 heterocycles. The zero-order valence-corrected chi connectivity index (χ0v) is 16.9. The van der Waals surface area contributed by atoms with Crippen LogP contribution >= 0.6 is 0 Å². The van der Waals surface area contributed by atoms with Crippen molar-refractivity contribution in [2.75, 3.05) is 26.2 Å². The normalized spacial score (nSPS) is 15.1. The molecule has 3 N–H and O–H groups in total. The third kappa shape index (κ3) is 4.39. The molecule has 8 heteroatoms. The monoisotopic (exact) mass is 412 g/mol. The smallest absolute Gasteiger partial charge is 0.228 e. The fourth-order valence-corrected chi connectivity index (χ4v) is 4.48. The third-order valence-electron chi connectivity index (χ3n) is 5.11. The summed E-state index contributed by atoms with van der Waals surface area (Å²) in [6.07, 6.45) is 4.26. The first-order chi connectivity index (χ1) is 14.2. The van der Waals surface area contributed by atoms with Crippen LogP contribution < -0.4 is 4.72 Å². The van der Waals surface area contributed by atoms with E-state index in [4.69, 9.17) is 5.11 Å². The molecular weight excluding hydrogens is 388 g/mol. The molecule has 1 aromatic carbocycles. The molecule has 0 spiro atoms. The Balaban J connectivity index is 1.56. The van der Waals surface area contributed by atoms with Gasteiger partial charge in [0.1, 0.15) is 16.6 Å². The molecule has 0 aliphatic carbocycles. The number of H-pyrrole nitrogens is 1. The molecule has 0 saturated carbocycles. The van der Waals surface area contributed by atoms with E-state index in [2.05, 4.69) is 14.7 Å². The number of carbonyl (C=O) groups excluding carboxylic acids is 1. The summed E-state index contributed by atoms with van der Waals surface area (Å²) in [6, 6.07) is 11.4. The van der Waals surface area contributed by atoms with E-state index >= 15 is 0 Å². The Morgan fingerprint density at radius 1 is 1.21 bits per heavy atom. The molecule has 1 fully saturated rings. The molecule has 7 nitrogen and oxygen atoms in total. The minimum Gasteiger partial charge on any atom is -0.395 e. The Bertz CT molecular complexity index is 1030. The van der Waals surface area contributed by atoms with Crippen molar-refractivity contribution < 1.29 is 14.1 Å². The van der Waals surface area contributed by atoms with Gasteiger partial charge in [0.25, 0.3) is 0 Å². The van der Waals surface area contributed by atoms with Gasteiger partial charge in [-0.1, -0.05) is 12.1 Å². The van der Waals surface area contributed by atoms with E-state index in [1.54, 1.807) is 6.20 Å². The summed E-state index contributed by atoms with van der Waals surface area (Å²) in [7, 11) is -1.35. The van der Waals surface area contributed by atoms with Crippen LogP contribution in [-0.2, 0) is 22.2 Å². The molecule has 152 valence electrons. The van der Waals surface area contributed by atoms with E-state index in [9.17, 15) is 9.00 Å². The van der Waals surface area contributed by atoms with Gasteiger partial charge in [-0.25, -0.2) is 13.9 Å². The lowest BCUT2D eigenvalue weighted by atomic mass is 10.0. The molecule has 0 radical (unpaired) electrons. The van der Waals surface area contributed by atoms with E-state index in [1.165, 1.54) is 0 Å². The summed E-state index contributed by atoms with van der Waals surface area (Å²) < 4.78 is 14.9. The zero-order chi connectivity index (χ0) is 20.2. The number of benzene rings is 1. The number of aliphatic hydroxyl groups excluding tert-OH is 1. The summed E-state index contributed by atoms with van der Waals surface area (Å²) in [5.41, 5.74) is 3.61. The largest absolute Gasteiger partial charge is 0.395 e. The number of nitrogens with zero attached hydrogens (tertiary/aromatic N) is 2. The second-order valence-corrected chi connectivity index (χ2v) is 8.39. The van der Waals surface area contributed by atoms with Crippen molar-refractivity contribution in [3.05, 3.63) is 48.3 Å². The highest BCUT2D eigenvalue weighted by molar-refractivity contribution is 7.83. The molecule has 3 aromatic rings. The molecule has 0 bridgehead atoms. The van der Waals surface area contributed by atoms with Gasteiger partial charge >= 0.3 is 0 Å². The lowest BCUT2D eigenvalue weighted by Crippen LogP contribution is -2.29. The average molecular weight is 413 g/mol. The number of amides is 1. The molecule has 4 rings (SSSR count). The molecule has 2 aromatic heterocycles. The van der Waals surface area contributed by atoms with Gasteiger partial charge in [0.15, 0.2) is 0 Å². The van der Waals surface area contributed by atoms with Crippen molar-refractivity contribution in [2.45, 2.75) is 24.2 Å². The Kier molecular flexibility index (Phi) is 6.03. The first-order valence-corrected chi connectivity index (χ1v) is 10.9. The number of hydrogen-bond acceptors (Lipinski definition) is 4. The van der Waals surface area contributed by atoms with Crippen LogP contribution in [0.5, 0.6) is 0 Å². The lowest BCUT2D eigenvalue weighted by Gasteiger charge is -2.14. The van der Waals surface area contributed by atoms with Crippen LogP contribution in [0.2, 0.25) is 0 Å². The van der Waals surface area contributed by atoms with Gasteiger partial charge in [-0.3, -0.25) is 4.79 Å². The van der Waals surface area contributed by atoms with Crippen molar-refractivity contribution in [3.8, 4) is 11.1 Å². The maximum Gasteiger partial charge on any atom is 0.228 e. The van der Waals surface area contributed by atoms with E-state index in [0.29, 0.717) is 11.3 Å². The van der Waals surface area contributed by atoms with Crippen LogP contribution in [-0.4, -0.2) is 56.3 Å². The Labute approximate surface area is 171 Å². The number of carbonyl (C=O) groups is 1. The number of hydrogen-bond donors (Lipinski definition) is 3. The summed E-state index contributed by atoms with van der Waals surface area (Å²) in [4.78, 5) is 22.7. The highest BCUT2D eigenvalue weighted by Gasteiger charge is 2.19. The minimum atomic E-state index is -1.35. The van der Waals surface area contributed by atoms with E-state index in [0.717, 1.165) is 53.8 Å². The van der Waals surface area contributed by atoms with E-state index in [-0.39, 0.29) is 19.1 Å². The van der Waals surface area contributed by atoms with Crippen LogP contribution in [0.3, 0.4) is 0 Å². The number of nitrogens with one attached hydrogen (secondary N) is 2. The summed E-state index contributed by atoms with van der Waals surface area (Å²) >= 11 is 0. The number of likely N-dealkylation sites (tertiary alicyclic amines) is 1. The topological polar surface area (TPSA) is 98.3 Å². The maximum atomic E-state index is 12.5. The number of fused-ring (bicyclic) bond motifs is 1. The van der Waals surface area contributed by atoms with Crippen molar-refractivity contribution in [1.82, 2.24) is 19.6 Å².